The van der Waals surface area contributed by atoms with Gasteiger partial charge >= 0.3 is 5.97 Å². The Balaban J connectivity index is 1.79. The van der Waals surface area contributed by atoms with E-state index in [0.29, 0.717) is 6.42 Å². The zero-order valence-corrected chi connectivity index (χ0v) is 9.77. The smallest absolute Gasteiger partial charge is 0.324 e. The van der Waals surface area contributed by atoms with Crippen molar-refractivity contribution in [1.29, 1.82) is 0 Å². The van der Waals surface area contributed by atoms with E-state index < -0.39 is 29.5 Å². The minimum atomic E-state index is -0.690. The van der Waals surface area contributed by atoms with Crippen LogP contribution >= 0.6 is 11.6 Å². The number of ether oxygens (including phenoxy) is 4. The number of fused-ring (bicyclic) bond motifs is 3. The molecule has 0 aromatic heterocycles. The van der Waals surface area contributed by atoms with E-state index in [1.165, 1.54) is 0 Å². The third-order valence-corrected chi connectivity index (χ3v) is 3.39. The van der Waals surface area contributed by atoms with Gasteiger partial charge in [-0.2, -0.15) is 0 Å². The van der Waals surface area contributed by atoms with Crippen molar-refractivity contribution in [2.24, 2.45) is 0 Å². The summed E-state index contributed by atoms with van der Waals surface area (Å²) in [6, 6.07) is 0. The lowest BCUT2D eigenvalue weighted by Crippen LogP contribution is -2.45. The van der Waals surface area contributed by atoms with E-state index in [9.17, 15) is 4.79 Å². The van der Waals surface area contributed by atoms with Crippen molar-refractivity contribution in [3.05, 3.63) is 0 Å². The summed E-state index contributed by atoms with van der Waals surface area (Å²) in [4.78, 5) is 11.4. The Morgan fingerprint density at radius 1 is 1.31 bits per heavy atom. The van der Waals surface area contributed by atoms with Crippen LogP contribution in [0.5, 0.6) is 0 Å². The Hall–Kier alpha value is -0.360. The predicted octanol–water partition coefficient (Wildman–Crippen LogP) is 0.786. The third-order valence-electron chi connectivity index (χ3n) is 3.03. The highest BCUT2D eigenvalue weighted by atomic mass is 35.5. The maximum atomic E-state index is 11.4. The molecule has 5 nitrogen and oxygen atoms in total. The Labute approximate surface area is 97.9 Å². The molecule has 1 unspecified atom stereocenters. The van der Waals surface area contributed by atoms with Gasteiger partial charge in [-0.25, -0.2) is 0 Å². The average Bonchev–Trinajstić information content (AvgIpc) is 2.60. The molecule has 3 heterocycles. The van der Waals surface area contributed by atoms with Crippen molar-refractivity contribution < 1.29 is 23.7 Å². The van der Waals surface area contributed by atoms with Crippen LogP contribution in [0.4, 0.5) is 0 Å². The molecule has 3 aliphatic rings. The minimum absolute atomic E-state index is 0.216. The summed E-state index contributed by atoms with van der Waals surface area (Å²) in [7, 11) is 0. The van der Waals surface area contributed by atoms with Crippen molar-refractivity contribution in [2.75, 3.05) is 0 Å². The van der Waals surface area contributed by atoms with Crippen LogP contribution in [0.25, 0.3) is 0 Å². The third kappa shape index (κ3) is 1.54. The molecule has 3 fully saturated rings. The zero-order valence-electron chi connectivity index (χ0n) is 9.01. The summed E-state index contributed by atoms with van der Waals surface area (Å²) < 4.78 is 22.1. The van der Waals surface area contributed by atoms with Crippen LogP contribution in [0, 0.1) is 0 Å². The summed E-state index contributed by atoms with van der Waals surface area (Å²) >= 11 is 5.81. The van der Waals surface area contributed by atoms with Crippen molar-refractivity contribution in [1.82, 2.24) is 0 Å². The Morgan fingerprint density at radius 2 is 2.06 bits per heavy atom. The molecule has 90 valence electrons. The van der Waals surface area contributed by atoms with Crippen LogP contribution in [0.1, 0.15) is 20.3 Å². The maximum absolute atomic E-state index is 11.4. The van der Waals surface area contributed by atoms with E-state index in [-0.39, 0.29) is 12.2 Å². The molecule has 3 rings (SSSR count). The zero-order chi connectivity index (χ0) is 11.5. The molecule has 3 saturated heterocycles. The van der Waals surface area contributed by atoms with Crippen molar-refractivity contribution >= 4 is 17.6 Å². The van der Waals surface area contributed by atoms with Crippen LogP contribution in [-0.4, -0.2) is 41.7 Å². The highest BCUT2D eigenvalue weighted by molar-refractivity contribution is 6.30. The standard InChI is InChI=1S/C10H13ClO5/c1-10(2)15-7-6-5(13-9(7)16-10)3-4(11)8(12)14-6/h4-7,9H,3H2,1-2H3/t4?,5-,6+,7-,9-/m1/s1. The van der Waals surface area contributed by atoms with E-state index in [1.54, 1.807) is 13.8 Å². The molecule has 0 aromatic rings. The van der Waals surface area contributed by atoms with Crippen molar-refractivity contribution in [3.8, 4) is 0 Å². The van der Waals surface area contributed by atoms with Gasteiger partial charge in [-0.3, -0.25) is 4.79 Å². The lowest BCUT2D eigenvalue weighted by Gasteiger charge is -2.30. The fraction of sp³-hybridized carbons (Fsp3) is 0.900. The summed E-state index contributed by atoms with van der Waals surface area (Å²) in [6.07, 6.45) is -0.959. The predicted molar refractivity (Wildman–Crippen MR) is 52.8 cm³/mol. The lowest BCUT2D eigenvalue weighted by atomic mass is 10.0. The number of alkyl halides is 1. The minimum Gasteiger partial charge on any atom is -0.455 e. The molecule has 0 radical (unpaired) electrons. The quantitative estimate of drug-likeness (QED) is 0.469. The molecule has 0 spiro atoms. The fourth-order valence-electron chi connectivity index (χ4n) is 2.39. The lowest BCUT2D eigenvalue weighted by molar-refractivity contribution is -0.224. The second-order valence-corrected chi connectivity index (χ2v) is 5.27. The van der Waals surface area contributed by atoms with E-state index in [1.807, 2.05) is 0 Å². The van der Waals surface area contributed by atoms with Gasteiger partial charge in [0, 0.05) is 6.42 Å². The van der Waals surface area contributed by atoms with Gasteiger partial charge in [0.05, 0.1) is 0 Å². The number of halogens is 1. The first-order valence-electron chi connectivity index (χ1n) is 5.32. The van der Waals surface area contributed by atoms with Crippen molar-refractivity contribution in [3.63, 3.8) is 0 Å². The molecule has 5 atom stereocenters. The number of hydrogen-bond acceptors (Lipinski definition) is 5. The van der Waals surface area contributed by atoms with E-state index in [2.05, 4.69) is 0 Å². The second kappa shape index (κ2) is 3.32. The molecule has 0 aliphatic carbocycles. The summed E-state index contributed by atoms with van der Waals surface area (Å²) in [5, 5.41) is -0.631. The highest BCUT2D eigenvalue weighted by Gasteiger charge is 2.58. The molecule has 3 aliphatic heterocycles. The van der Waals surface area contributed by atoms with Gasteiger partial charge in [0.1, 0.15) is 11.5 Å². The summed E-state index contributed by atoms with van der Waals surface area (Å²) in [5.41, 5.74) is 0. The van der Waals surface area contributed by atoms with E-state index in [4.69, 9.17) is 30.5 Å². The van der Waals surface area contributed by atoms with Crippen LogP contribution in [0.2, 0.25) is 0 Å². The number of carbonyl (C=O) groups excluding carboxylic acids is 1. The van der Waals surface area contributed by atoms with Crippen molar-refractivity contribution in [2.45, 2.75) is 56.0 Å². The largest absolute Gasteiger partial charge is 0.455 e. The van der Waals surface area contributed by atoms with Gasteiger partial charge in [0.25, 0.3) is 0 Å². The first kappa shape index (κ1) is 10.8. The van der Waals surface area contributed by atoms with Gasteiger partial charge in [-0.1, -0.05) is 0 Å². The summed E-state index contributed by atoms with van der Waals surface area (Å²) in [6.45, 7) is 3.61. The monoisotopic (exact) mass is 248 g/mol. The van der Waals surface area contributed by atoms with Crippen LogP contribution in [0.15, 0.2) is 0 Å². The molecular formula is C10H13ClO5. The van der Waals surface area contributed by atoms with Gasteiger partial charge in [-0.15, -0.1) is 11.6 Å². The molecule has 0 amide bonds. The van der Waals surface area contributed by atoms with Gasteiger partial charge in [0.2, 0.25) is 0 Å². The molecule has 0 aromatic carbocycles. The number of carbonyl (C=O) groups is 1. The van der Waals surface area contributed by atoms with Gasteiger partial charge in [-0.05, 0) is 13.8 Å². The van der Waals surface area contributed by atoms with Crippen LogP contribution in [0.3, 0.4) is 0 Å². The average molecular weight is 249 g/mol. The maximum Gasteiger partial charge on any atom is 0.324 e. The topological polar surface area (TPSA) is 54.0 Å². The first-order chi connectivity index (χ1) is 7.46. The van der Waals surface area contributed by atoms with Crippen LogP contribution < -0.4 is 0 Å². The Bertz CT molecular complexity index is 331. The number of hydrogen-bond donors (Lipinski definition) is 0. The van der Waals surface area contributed by atoms with E-state index in [0.717, 1.165) is 0 Å². The second-order valence-electron chi connectivity index (χ2n) is 4.75. The van der Waals surface area contributed by atoms with Crippen LogP contribution in [-0.2, 0) is 23.7 Å². The number of rotatable bonds is 0. The highest BCUT2D eigenvalue weighted by Crippen LogP contribution is 2.42. The van der Waals surface area contributed by atoms with Gasteiger partial charge in [0.15, 0.2) is 24.3 Å². The summed E-state index contributed by atoms with van der Waals surface area (Å²) in [5.74, 6) is -1.09. The normalized spacial score (nSPS) is 49.7. The Morgan fingerprint density at radius 3 is 2.81 bits per heavy atom. The molecule has 0 N–H and O–H groups in total. The SMILES string of the molecule is CC1(C)O[C@H]2O[C@@H]3CC(Cl)C(=O)O[C@@H]3[C@H]2O1. The molecule has 0 bridgehead atoms. The van der Waals surface area contributed by atoms with E-state index >= 15 is 0 Å². The fourth-order valence-corrected chi connectivity index (χ4v) is 2.61. The Kier molecular flexibility index (Phi) is 2.24. The molecule has 16 heavy (non-hydrogen) atoms. The molecular weight excluding hydrogens is 236 g/mol. The van der Waals surface area contributed by atoms with Gasteiger partial charge < -0.3 is 18.9 Å². The molecule has 6 heteroatoms. The molecule has 0 saturated carbocycles. The first-order valence-corrected chi connectivity index (χ1v) is 5.75. The number of esters is 1.